The molecule has 3 nitrogen and oxygen atoms in total. The molecule has 0 radical (unpaired) electrons. The van der Waals surface area contributed by atoms with E-state index in [1.807, 2.05) is 0 Å². The Kier molecular flexibility index (Phi) is 5.80. The summed E-state index contributed by atoms with van der Waals surface area (Å²) in [5.41, 5.74) is 10.3. The molecule has 1 aromatic rings. The van der Waals surface area contributed by atoms with Gasteiger partial charge in [0.1, 0.15) is 0 Å². The minimum atomic E-state index is 0.156. The van der Waals surface area contributed by atoms with Crippen LogP contribution in [-0.4, -0.2) is 49.6 Å². The lowest BCUT2D eigenvalue weighted by atomic mass is 9.99. The zero-order valence-corrected chi connectivity index (χ0v) is 14.1. The van der Waals surface area contributed by atoms with Crippen LogP contribution in [0.15, 0.2) is 18.2 Å². The van der Waals surface area contributed by atoms with Crippen molar-refractivity contribution in [1.29, 1.82) is 0 Å². The summed E-state index contributed by atoms with van der Waals surface area (Å²) in [5, 5.41) is 0. The fourth-order valence-corrected chi connectivity index (χ4v) is 3.37. The third-order valence-corrected chi connectivity index (χ3v) is 4.64. The Balaban J connectivity index is 1.87. The lowest BCUT2D eigenvalue weighted by Gasteiger charge is -2.36. The van der Waals surface area contributed by atoms with E-state index in [1.54, 1.807) is 0 Å². The van der Waals surface area contributed by atoms with Crippen molar-refractivity contribution in [3.8, 4) is 0 Å². The van der Waals surface area contributed by atoms with Gasteiger partial charge >= 0.3 is 0 Å². The highest BCUT2D eigenvalue weighted by atomic mass is 15.2. The maximum atomic E-state index is 6.41. The highest BCUT2D eigenvalue weighted by Crippen LogP contribution is 2.20. The number of hydrogen-bond donors (Lipinski definition) is 1. The molecule has 0 amide bonds. The predicted octanol–water partition coefficient (Wildman–Crippen LogP) is 2.72. The number of nitrogens with zero attached hydrogens (tertiary/aromatic N) is 2. The number of likely N-dealkylation sites (N-methyl/N-ethyl adjacent to an activating group) is 1. The van der Waals surface area contributed by atoms with Gasteiger partial charge in [-0.1, -0.05) is 29.3 Å². The molecule has 21 heavy (non-hydrogen) atoms. The van der Waals surface area contributed by atoms with Crippen molar-refractivity contribution >= 4 is 0 Å². The summed E-state index contributed by atoms with van der Waals surface area (Å²) in [5.74, 6) is 0. The fourth-order valence-electron chi connectivity index (χ4n) is 3.37. The first-order chi connectivity index (χ1) is 9.95. The maximum absolute atomic E-state index is 6.41. The number of rotatable bonds is 5. The third-order valence-electron chi connectivity index (χ3n) is 4.64. The van der Waals surface area contributed by atoms with Gasteiger partial charge in [-0.3, -0.25) is 0 Å². The summed E-state index contributed by atoms with van der Waals surface area (Å²) >= 11 is 0. The van der Waals surface area contributed by atoms with Crippen LogP contribution in [0, 0.1) is 13.8 Å². The summed E-state index contributed by atoms with van der Waals surface area (Å²) in [6.45, 7) is 7.82. The van der Waals surface area contributed by atoms with E-state index < -0.39 is 0 Å². The summed E-state index contributed by atoms with van der Waals surface area (Å²) in [6.07, 6.45) is 3.68. The van der Waals surface area contributed by atoms with Crippen molar-refractivity contribution in [2.45, 2.75) is 45.2 Å². The van der Waals surface area contributed by atoms with Gasteiger partial charge in [-0.2, -0.15) is 0 Å². The number of piperidine rings is 1. The normalized spacial score (nSPS) is 21.7. The topological polar surface area (TPSA) is 32.5 Å². The van der Waals surface area contributed by atoms with E-state index in [1.165, 1.54) is 42.6 Å². The molecule has 2 rings (SSSR count). The quantitative estimate of drug-likeness (QED) is 0.904. The molecule has 2 N–H and O–H groups in total. The van der Waals surface area contributed by atoms with Crippen molar-refractivity contribution in [3.05, 3.63) is 34.9 Å². The first kappa shape index (κ1) is 16.5. The number of benzene rings is 1. The minimum Gasteiger partial charge on any atom is -0.324 e. The van der Waals surface area contributed by atoms with Gasteiger partial charge in [0.05, 0.1) is 0 Å². The Morgan fingerprint density at radius 2 is 1.90 bits per heavy atom. The van der Waals surface area contributed by atoms with Gasteiger partial charge in [0.15, 0.2) is 0 Å². The van der Waals surface area contributed by atoms with Gasteiger partial charge in [0.25, 0.3) is 0 Å². The lowest BCUT2D eigenvalue weighted by Crippen LogP contribution is -2.45. The number of aryl methyl sites for hydroxylation is 2. The average molecular weight is 289 g/mol. The second-order valence-electron chi connectivity index (χ2n) is 6.88. The Labute approximate surface area is 130 Å². The van der Waals surface area contributed by atoms with Gasteiger partial charge in [-0.25, -0.2) is 0 Å². The van der Waals surface area contributed by atoms with Gasteiger partial charge in [0, 0.05) is 18.6 Å². The largest absolute Gasteiger partial charge is 0.324 e. The lowest BCUT2D eigenvalue weighted by molar-refractivity contribution is 0.130. The molecule has 1 aliphatic rings. The van der Waals surface area contributed by atoms with Crippen LogP contribution in [0.2, 0.25) is 0 Å². The average Bonchev–Trinajstić information content (AvgIpc) is 2.44. The van der Waals surface area contributed by atoms with E-state index in [4.69, 9.17) is 5.73 Å². The van der Waals surface area contributed by atoms with Crippen LogP contribution < -0.4 is 5.73 Å². The molecule has 1 fully saturated rings. The van der Waals surface area contributed by atoms with E-state index in [-0.39, 0.29) is 6.04 Å². The Morgan fingerprint density at radius 1 is 1.24 bits per heavy atom. The number of likely N-dealkylation sites (tertiary alicyclic amines) is 1. The molecular formula is C18H31N3. The summed E-state index contributed by atoms with van der Waals surface area (Å²) in [6, 6.07) is 7.54. The standard InChI is InChI=1S/C18H31N3/c1-14-10-15(2)12-16(11-14)18(19)7-9-21-8-5-6-17(13-21)20(3)4/h10-12,17-18H,5-9,13,19H2,1-4H3. The highest BCUT2D eigenvalue weighted by molar-refractivity contribution is 5.30. The van der Waals surface area contributed by atoms with Crippen molar-refractivity contribution in [2.75, 3.05) is 33.7 Å². The van der Waals surface area contributed by atoms with E-state index in [2.05, 4.69) is 55.9 Å². The second kappa shape index (κ2) is 7.39. The van der Waals surface area contributed by atoms with Crippen LogP contribution in [0.25, 0.3) is 0 Å². The zero-order chi connectivity index (χ0) is 15.4. The van der Waals surface area contributed by atoms with Gasteiger partial charge in [-0.05, 0) is 65.9 Å². The zero-order valence-electron chi connectivity index (χ0n) is 14.1. The Morgan fingerprint density at radius 3 is 2.52 bits per heavy atom. The molecule has 0 aliphatic carbocycles. The first-order valence-corrected chi connectivity index (χ1v) is 8.18. The molecule has 0 aromatic heterocycles. The highest BCUT2D eigenvalue weighted by Gasteiger charge is 2.21. The van der Waals surface area contributed by atoms with E-state index >= 15 is 0 Å². The molecule has 2 atom stereocenters. The van der Waals surface area contributed by atoms with Crippen LogP contribution in [0.4, 0.5) is 0 Å². The molecule has 0 spiro atoms. The van der Waals surface area contributed by atoms with Crippen LogP contribution in [0.1, 0.15) is 42.0 Å². The molecule has 1 aromatic carbocycles. The Bertz CT molecular complexity index is 436. The number of hydrogen-bond acceptors (Lipinski definition) is 3. The molecule has 2 unspecified atom stereocenters. The Hall–Kier alpha value is -0.900. The van der Waals surface area contributed by atoms with Crippen LogP contribution in [0.5, 0.6) is 0 Å². The van der Waals surface area contributed by atoms with E-state index in [9.17, 15) is 0 Å². The van der Waals surface area contributed by atoms with E-state index in [0.717, 1.165) is 13.0 Å². The van der Waals surface area contributed by atoms with Gasteiger partial charge in [-0.15, -0.1) is 0 Å². The third kappa shape index (κ3) is 4.80. The SMILES string of the molecule is Cc1cc(C)cc(C(N)CCN2CCCC(N(C)C)C2)c1. The summed E-state index contributed by atoms with van der Waals surface area (Å²) in [7, 11) is 4.38. The van der Waals surface area contributed by atoms with Gasteiger partial charge in [0.2, 0.25) is 0 Å². The van der Waals surface area contributed by atoms with Crippen molar-refractivity contribution in [2.24, 2.45) is 5.73 Å². The molecular weight excluding hydrogens is 258 g/mol. The van der Waals surface area contributed by atoms with Gasteiger partial charge < -0.3 is 15.5 Å². The molecule has 1 aliphatic heterocycles. The maximum Gasteiger partial charge on any atom is 0.0307 e. The predicted molar refractivity (Wildman–Crippen MR) is 90.6 cm³/mol. The van der Waals surface area contributed by atoms with Crippen molar-refractivity contribution in [3.63, 3.8) is 0 Å². The monoisotopic (exact) mass is 289 g/mol. The van der Waals surface area contributed by atoms with E-state index in [0.29, 0.717) is 6.04 Å². The molecule has 118 valence electrons. The van der Waals surface area contributed by atoms with Crippen molar-refractivity contribution < 1.29 is 0 Å². The van der Waals surface area contributed by atoms with Crippen LogP contribution >= 0.6 is 0 Å². The molecule has 0 bridgehead atoms. The smallest absolute Gasteiger partial charge is 0.0307 e. The fraction of sp³-hybridized carbons (Fsp3) is 0.667. The van der Waals surface area contributed by atoms with Crippen LogP contribution in [-0.2, 0) is 0 Å². The minimum absolute atomic E-state index is 0.156. The van der Waals surface area contributed by atoms with Crippen LogP contribution in [0.3, 0.4) is 0 Å². The molecule has 1 heterocycles. The summed E-state index contributed by atoms with van der Waals surface area (Å²) in [4.78, 5) is 4.94. The first-order valence-electron chi connectivity index (χ1n) is 8.18. The summed E-state index contributed by atoms with van der Waals surface area (Å²) < 4.78 is 0. The number of nitrogens with two attached hydrogens (primary N) is 1. The molecule has 3 heteroatoms. The molecule has 1 saturated heterocycles. The molecule has 0 saturated carbocycles. The van der Waals surface area contributed by atoms with Crippen molar-refractivity contribution in [1.82, 2.24) is 9.80 Å². The second-order valence-corrected chi connectivity index (χ2v) is 6.88.